The number of amides is 1. The number of benzene rings is 1. The summed E-state index contributed by atoms with van der Waals surface area (Å²) >= 11 is 9.23. The van der Waals surface area contributed by atoms with Crippen LogP contribution in [-0.4, -0.2) is 31.1 Å². The molecule has 1 unspecified atom stereocenters. The van der Waals surface area contributed by atoms with Crippen LogP contribution in [0.3, 0.4) is 0 Å². The molecule has 0 bridgehead atoms. The van der Waals surface area contributed by atoms with Crippen LogP contribution in [0.1, 0.15) is 13.8 Å². The number of carbonyl (C=O) groups excluding carboxylic acids is 2. The summed E-state index contributed by atoms with van der Waals surface area (Å²) in [7, 11) is 0. The second-order valence-corrected chi connectivity index (χ2v) is 5.21. The van der Waals surface area contributed by atoms with Gasteiger partial charge in [0.15, 0.2) is 11.8 Å². The molecule has 0 aliphatic rings. The molecule has 0 fully saturated rings. The van der Waals surface area contributed by atoms with Crippen LogP contribution in [0.5, 0.6) is 5.75 Å². The van der Waals surface area contributed by atoms with E-state index in [0.717, 1.165) is 0 Å². The first-order valence-corrected chi connectivity index (χ1v) is 7.42. The highest BCUT2D eigenvalue weighted by molar-refractivity contribution is 9.10. The van der Waals surface area contributed by atoms with Crippen LogP contribution in [0.2, 0.25) is 5.02 Å². The molecule has 1 atom stereocenters. The molecule has 1 aromatic rings. The Bertz CT molecular complexity index is 539. The Hall–Kier alpha value is -1.31. The molecule has 3 N–H and O–H groups in total. The average molecular weight is 380 g/mol. The minimum atomic E-state index is -1.42. The SMILES string of the molecule is CCOC(=O)C(N)C(=O)Nc1cc(Cl)cc(Br)c1OCC. The molecule has 0 aliphatic carbocycles. The molecule has 1 amide bonds. The minimum absolute atomic E-state index is 0.146. The van der Waals surface area contributed by atoms with Crippen molar-refractivity contribution in [1.82, 2.24) is 0 Å². The Morgan fingerprint density at radius 2 is 2.05 bits per heavy atom. The van der Waals surface area contributed by atoms with Gasteiger partial charge in [-0.25, -0.2) is 4.79 Å². The number of ether oxygens (including phenoxy) is 2. The monoisotopic (exact) mass is 378 g/mol. The molecular formula is C13H16BrClN2O4. The summed E-state index contributed by atoms with van der Waals surface area (Å²) in [6.45, 7) is 3.97. The van der Waals surface area contributed by atoms with Crippen molar-refractivity contribution in [2.45, 2.75) is 19.9 Å². The van der Waals surface area contributed by atoms with Crippen LogP contribution < -0.4 is 15.8 Å². The number of halogens is 2. The maximum atomic E-state index is 12.0. The third-order valence-corrected chi connectivity index (χ3v) is 3.19. The third-order valence-electron chi connectivity index (χ3n) is 2.38. The standard InChI is InChI=1S/C13H16BrClN2O4/c1-3-20-11-8(14)5-7(15)6-9(11)17-12(18)10(16)13(19)21-4-2/h5-6,10H,3-4,16H2,1-2H3,(H,17,18). The van der Waals surface area contributed by atoms with Crippen molar-refractivity contribution in [2.75, 3.05) is 18.5 Å². The van der Waals surface area contributed by atoms with E-state index in [1.54, 1.807) is 19.9 Å². The third kappa shape index (κ3) is 4.87. The Labute approximate surface area is 136 Å². The van der Waals surface area contributed by atoms with Crippen molar-refractivity contribution in [3.05, 3.63) is 21.6 Å². The lowest BCUT2D eigenvalue weighted by molar-refractivity contribution is -0.146. The fraction of sp³-hybridized carbons (Fsp3) is 0.385. The molecule has 0 heterocycles. The van der Waals surface area contributed by atoms with E-state index in [-0.39, 0.29) is 6.61 Å². The number of rotatable bonds is 6. The molecule has 0 aliphatic heterocycles. The molecular weight excluding hydrogens is 364 g/mol. The van der Waals surface area contributed by atoms with Gasteiger partial charge in [0.2, 0.25) is 0 Å². The van der Waals surface area contributed by atoms with E-state index in [4.69, 9.17) is 26.8 Å². The molecule has 21 heavy (non-hydrogen) atoms. The highest BCUT2D eigenvalue weighted by Crippen LogP contribution is 2.36. The zero-order valence-electron chi connectivity index (χ0n) is 11.6. The van der Waals surface area contributed by atoms with Gasteiger partial charge in [-0.1, -0.05) is 11.6 Å². The number of anilines is 1. The molecule has 116 valence electrons. The summed E-state index contributed by atoms with van der Waals surface area (Å²) in [5, 5.41) is 2.91. The Balaban J connectivity index is 2.96. The molecule has 1 aromatic carbocycles. The van der Waals surface area contributed by atoms with E-state index in [0.29, 0.717) is 27.5 Å². The summed E-state index contributed by atoms with van der Waals surface area (Å²) in [6, 6.07) is 1.72. The van der Waals surface area contributed by atoms with Gasteiger partial charge in [-0.15, -0.1) is 0 Å². The molecule has 0 radical (unpaired) electrons. The number of nitrogens with two attached hydrogens (primary N) is 1. The van der Waals surface area contributed by atoms with E-state index in [9.17, 15) is 9.59 Å². The lowest BCUT2D eigenvalue weighted by Gasteiger charge is -2.16. The number of carbonyl (C=O) groups is 2. The molecule has 0 saturated heterocycles. The van der Waals surface area contributed by atoms with Gasteiger partial charge in [-0.3, -0.25) is 4.79 Å². The van der Waals surface area contributed by atoms with E-state index in [1.165, 1.54) is 6.07 Å². The van der Waals surface area contributed by atoms with Crippen molar-refractivity contribution >= 4 is 45.1 Å². The molecule has 0 saturated carbocycles. The number of hydrogen-bond acceptors (Lipinski definition) is 5. The van der Waals surface area contributed by atoms with E-state index in [1.807, 2.05) is 0 Å². The van der Waals surface area contributed by atoms with Gasteiger partial charge in [0.25, 0.3) is 5.91 Å². The highest BCUT2D eigenvalue weighted by Gasteiger charge is 2.25. The molecule has 1 rings (SSSR count). The fourth-order valence-electron chi connectivity index (χ4n) is 1.49. The highest BCUT2D eigenvalue weighted by atomic mass is 79.9. The van der Waals surface area contributed by atoms with Crippen molar-refractivity contribution in [3.63, 3.8) is 0 Å². The fourth-order valence-corrected chi connectivity index (χ4v) is 2.42. The molecule has 8 heteroatoms. The van der Waals surface area contributed by atoms with Crippen LogP contribution >= 0.6 is 27.5 Å². The average Bonchev–Trinajstić information content (AvgIpc) is 2.41. The van der Waals surface area contributed by atoms with Gasteiger partial charge in [0, 0.05) is 5.02 Å². The van der Waals surface area contributed by atoms with Crippen LogP contribution in [0.15, 0.2) is 16.6 Å². The van der Waals surface area contributed by atoms with Crippen molar-refractivity contribution in [1.29, 1.82) is 0 Å². The second-order valence-electron chi connectivity index (χ2n) is 3.92. The van der Waals surface area contributed by atoms with Crippen LogP contribution in [-0.2, 0) is 14.3 Å². The van der Waals surface area contributed by atoms with Gasteiger partial charge in [0.1, 0.15) is 0 Å². The van der Waals surface area contributed by atoms with Gasteiger partial charge < -0.3 is 20.5 Å². The molecule has 0 spiro atoms. The van der Waals surface area contributed by atoms with Crippen molar-refractivity contribution in [3.8, 4) is 5.75 Å². The summed E-state index contributed by atoms with van der Waals surface area (Å²) in [5.41, 5.74) is 5.84. The zero-order chi connectivity index (χ0) is 16.0. The first-order valence-electron chi connectivity index (χ1n) is 6.25. The Kier molecular flexibility index (Phi) is 6.94. The second kappa shape index (κ2) is 8.21. The van der Waals surface area contributed by atoms with Crippen LogP contribution in [0.4, 0.5) is 5.69 Å². The summed E-state index contributed by atoms with van der Waals surface area (Å²) in [5.74, 6) is -1.09. The number of nitrogens with one attached hydrogen (secondary N) is 1. The van der Waals surface area contributed by atoms with Gasteiger partial charge >= 0.3 is 5.97 Å². The maximum absolute atomic E-state index is 12.0. The summed E-state index contributed by atoms with van der Waals surface area (Å²) in [4.78, 5) is 23.4. The first-order chi connectivity index (χ1) is 9.90. The topological polar surface area (TPSA) is 90.7 Å². The number of hydrogen-bond donors (Lipinski definition) is 2. The largest absolute Gasteiger partial charge is 0.491 e. The lowest BCUT2D eigenvalue weighted by Crippen LogP contribution is -2.43. The van der Waals surface area contributed by atoms with Gasteiger partial charge in [-0.2, -0.15) is 0 Å². The Morgan fingerprint density at radius 3 is 2.62 bits per heavy atom. The lowest BCUT2D eigenvalue weighted by atomic mass is 10.2. The summed E-state index contributed by atoms with van der Waals surface area (Å²) in [6.07, 6.45) is 0. The first kappa shape index (κ1) is 17.7. The molecule has 6 nitrogen and oxygen atoms in total. The Morgan fingerprint density at radius 1 is 1.38 bits per heavy atom. The maximum Gasteiger partial charge on any atom is 0.332 e. The van der Waals surface area contributed by atoms with E-state index in [2.05, 4.69) is 21.2 Å². The van der Waals surface area contributed by atoms with Crippen LogP contribution in [0.25, 0.3) is 0 Å². The normalized spacial score (nSPS) is 11.7. The summed E-state index contributed by atoms with van der Waals surface area (Å²) < 4.78 is 10.7. The molecule has 0 aromatic heterocycles. The van der Waals surface area contributed by atoms with Crippen molar-refractivity contribution in [2.24, 2.45) is 5.73 Å². The van der Waals surface area contributed by atoms with E-state index >= 15 is 0 Å². The predicted octanol–water partition coefficient (Wildman–Crippen LogP) is 2.33. The smallest absolute Gasteiger partial charge is 0.332 e. The minimum Gasteiger partial charge on any atom is -0.491 e. The van der Waals surface area contributed by atoms with E-state index < -0.39 is 17.9 Å². The number of esters is 1. The van der Waals surface area contributed by atoms with Crippen LogP contribution in [0, 0.1) is 0 Å². The van der Waals surface area contributed by atoms with Gasteiger partial charge in [-0.05, 0) is 41.9 Å². The quantitative estimate of drug-likeness (QED) is 0.585. The van der Waals surface area contributed by atoms with Gasteiger partial charge in [0.05, 0.1) is 23.4 Å². The predicted molar refractivity (Wildman–Crippen MR) is 83.6 cm³/mol. The van der Waals surface area contributed by atoms with Crippen molar-refractivity contribution < 1.29 is 19.1 Å². The zero-order valence-corrected chi connectivity index (χ0v) is 14.0.